The maximum atomic E-state index is 13.9. The highest BCUT2D eigenvalue weighted by atomic mass is 16.8. The maximum absolute atomic E-state index is 13.9. The number of aliphatic hydroxyl groups is 5. The number of aliphatic hydroxyl groups excluding tert-OH is 5. The van der Waals surface area contributed by atoms with E-state index < -0.39 is 123 Å². The number of carbonyl (C=O) groups is 1. The molecule has 18 heteroatoms. The maximum Gasteiger partial charge on any atom is 0.187 e. The van der Waals surface area contributed by atoms with E-state index in [1.807, 2.05) is 26.8 Å². The summed E-state index contributed by atoms with van der Waals surface area (Å²) < 4.78 is 73.7. The molecule has 18 nitrogen and oxygen atoms in total. The predicted octanol–water partition coefficient (Wildman–Crippen LogP) is 2.55. The molecule has 0 bridgehead atoms. The number of furan rings is 1. The van der Waals surface area contributed by atoms with Gasteiger partial charge in [-0.1, -0.05) is 18.6 Å². The molecule has 0 spiro atoms. The fourth-order valence-corrected chi connectivity index (χ4v) is 12.1. The summed E-state index contributed by atoms with van der Waals surface area (Å²) >= 11 is 0. The lowest BCUT2D eigenvalue weighted by Crippen LogP contribution is -2.62. The summed E-state index contributed by atoms with van der Waals surface area (Å²) in [7, 11) is 4.76. The highest BCUT2D eigenvalue weighted by molar-refractivity contribution is 5.89. The summed E-state index contributed by atoms with van der Waals surface area (Å²) in [6.45, 7) is 9.11. The fraction of sp³-hybridized carbons (Fsp3) is 0.851. The molecular weight excluding hydrogens is 852 g/mol. The SMILES string of the molecule is COC1CC(OC2CC3=CCC4C(=O)C(c5ccoc5C)CCC4C3(C)CC2O)OC(C)C1OC1CC(OC)C(OC2CC(OC)C(OC3OC(CO)C(O)C(O)C3O)C(C)O2)C(C)O1. The lowest BCUT2D eigenvalue weighted by atomic mass is 9.51. The van der Waals surface area contributed by atoms with E-state index in [-0.39, 0.29) is 35.4 Å². The van der Waals surface area contributed by atoms with Gasteiger partial charge in [0.25, 0.3) is 0 Å². The van der Waals surface area contributed by atoms with Crippen LogP contribution in [0.15, 0.2) is 28.4 Å². The smallest absolute Gasteiger partial charge is 0.187 e. The van der Waals surface area contributed by atoms with Crippen molar-refractivity contribution in [2.75, 3.05) is 27.9 Å². The fourth-order valence-electron chi connectivity index (χ4n) is 12.1. The van der Waals surface area contributed by atoms with E-state index in [1.165, 1.54) is 12.7 Å². The Kier molecular flexibility index (Phi) is 15.7. The molecule has 8 rings (SSSR count). The second kappa shape index (κ2) is 20.6. The first-order valence-corrected chi connectivity index (χ1v) is 23.5. The normalized spacial score (nSPS) is 48.3. The van der Waals surface area contributed by atoms with Crippen LogP contribution in [0.5, 0.6) is 0 Å². The van der Waals surface area contributed by atoms with Crippen LogP contribution in [-0.2, 0) is 56.9 Å². The lowest BCUT2D eigenvalue weighted by molar-refractivity contribution is -0.357. The van der Waals surface area contributed by atoms with Gasteiger partial charge in [-0.05, 0) is 77.2 Å². The van der Waals surface area contributed by atoms with Gasteiger partial charge in [-0.25, -0.2) is 0 Å². The molecule has 65 heavy (non-hydrogen) atoms. The van der Waals surface area contributed by atoms with Crippen LogP contribution in [0.4, 0.5) is 0 Å². The zero-order valence-electron chi connectivity index (χ0n) is 38.8. The standard InChI is InChI=1S/C47H72O18/c1-21-26(13-14-57-21)27-11-12-29-28(39(27)50)10-9-25-15-31(30(49)19-47(25,29)5)61-36-16-32(54-6)43(22(2)58-36)63-37-17-33(55-7)44(23(3)59-37)64-38-18-34(56-8)45(24(4)60-38)65-46-42(53)41(52)40(51)35(20-48)62-46/h9,13-14,22-24,27-38,40-46,48-49,51-53H,10-12,15-20H2,1-8H3. The summed E-state index contributed by atoms with van der Waals surface area (Å²) in [6.07, 6.45) is -6.91. The first-order valence-electron chi connectivity index (χ1n) is 23.5. The topological polar surface area (TPSA) is 233 Å². The van der Waals surface area contributed by atoms with Crippen molar-refractivity contribution in [3.8, 4) is 0 Å². The number of fused-ring (bicyclic) bond motifs is 3. The van der Waals surface area contributed by atoms with Crippen molar-refractivity contribution >= 4 is 5.78 Å². The average Bonchev–Trinajstić information content (AvgIpc) is 3.71. The minimum atomic E-state index is -1.59. The number of hydrogen-bond acceptors (Lipinski definition) is 18. The molecule has 23 unspecified atom stereocenters. The largest absolute Gasteiger partial charge is 0.469 e. The monoisotopic (exact) mass is 924 g/mol. The Morgan fingerprint density at radius 1 is 0.723 bits per heavy atom. The van der Waals surface area contributed by atoms with Crippen molar-refractivity contribution in [3.05, 3.63) is 35.3 Å². The lowest BCUT2D eigenvalue weighted by Gasteiger charge is -2.54. The molecule has 7 aliphatic rings. The minimum Gasteiger partial charge on any atom is -0.469 e. The molecule has 3 aliphatic carbocycles. The van der Waals surface area contributed by atoms with Crippen LogP contribution in [0.25, 0.3) is 0 Å². The van der Waals surface area contributed by atoms with Gasteiger partial charge in [-0.2, -0.15) is 0 Å². The van der Waals surface area contributed by atoms with E-state index in [1.54, 1.807) is 27.4 Å². The molecule has 4 saturated heterocycles. The zero-order chi connectivity index (χ0) is 46.5. The molecule has 5 heterocycles. The highest BCUT2D eigenvalue weighted by Gasteiger charge is 2.55. The van der Waals surface area contributed by atoms with Gasteiger partial charge in [0.2, 0.25) is 0 Å². The van der Waals surface area contributed by atoms with Crippen LogP contribution in [0.1, 0.15) is 96.3 Å². The molecular formula is C47H72O18. The van der Waals surface area contributed by atoms with Gasteiger partial charge in [0.15, 0.2) is 25.2 Å². The van der Waals surface area contributed by atoms with Crippen LogP contribution in [-0.4, -0.2) is 176 Å². The van der Waals surface area contributed by atoms with Gasteiger partial charge in [-0.3, -0.25) is 4.79 Å². The van der Waals surface area contributed by atoms with Crippen molar-refractivity contribution in [3.63, 3.8) is 0 Å². The summed E-state index contributed by atoms with van der Waals surface area (Å²) in [4.78, 5) is 13.9. The molecule has 6 fully saturated rings. The Balaban J connectivity index is 0.835. The van der Waals surface area contributed by atoms with Gasteiger partial charge in [0.1, 0.15) is 54.3 Å². The Bertz CT molecular complexity index is 1770. The van der Waals surface area contributed by atoms with E-state index in [0.717, 1.165) is 24.2 Å². The number of methoxy groups -OCH3 is 3. The van der Waals surface area contributed by atoms with E-state index in [4.69, 9.17) is 56.5 Å². The van der Waals surface area contributed by atoms with Gasteiger partial charge < -0.3 is 82.1 Å². The van der Waals surface area contributed by atoms with Crippen molar-refractivity contribution in [1.82, 2.24) is 0 Å². The van der Waals surface area contributed by atoms with Crippen LogP contribution in [0.2, 0.25) is 0 Å². The first-order chi connectivity index (χ1) is 31.1. The average molecular weight is 925 g/mol. The number of rotatable bonds is 13. The number of hydrogen-bond donors (Lipinski definition) is 5. The molecule has 23 atom stereocenters. The second-order valence-electron chi connectivity index (χ2n) is 19.6. The molecule has 5 N–H and O–H groups in total. The number of ketones is 1. The van der Waals surface area contributed by atoms with E-state index >= 15 is 0 Å². The van der Waals surface area contributed by atoms with Crippen LogP contribution in [0.3, 0.4) is 0 Å². The van der Waals surface area contributed by atoms with Crippen LogP contribution < -0.4 is 0 Å². The minimum absolute atomic E-state index is 0.0811. The number of allylic oxidation sites excluding steroid dienone is 1. The number of carbonyl (C=O) groups excluding carboxylic acids is 1. The molecule has 0 amide bonds. The first kappa shape index (κ1) is 49.5. The van der Waals surface area contributed by atoms with Crippen molar-refractivity contribution < 1.29 is 86.8 Å². The third kappa shape index (κ3) is 9.81. The molecule has 2 saturated carbocycles. The second-order valence-corrected chi connectivity index (χ2v) is 19.6. The van der Waals surface area contributed by atoms with Crippen molar-refractivity contribution in [2.45, 2.75) is 209 Å². The molecule has 4 aliphatic heterocycles. The number of ether oxygens (including phenoxy) is 11. The van der Waals surface area contributed by atoms with Crippen LogP contribution >= 0.6 is 0 Å². The van der Waals surface area contributed by atoms with E-state index in [9.17, 15) is 30.3 Å². The Morgan fingerprint density at radius 3 is 1.80 bits per heavy atom. The van der Waals surface area contributed by atoms with Crippen molar-refractivity contribution in [1.29, 1.82) is 0 Å². The Labute approximate surface area is 381 Å². The van der Waals surface area contributed by atoms with Gasteiger partial charge in [0, 0.05) is 58.0 Å². The van der Waals surface area contributed by atoms with Crippen LogP contribution in [0, 0.1) is 24.2 Å². The summed E-state index contributed by atoms with van der Waals surface area (Å²) in [5.74, 6) is 1.04. The van der Waals surface area contributed by atoms with Gasteiger partial charge >= 0.3 is 0 Å². The number of aryl methyl sites for hydroxylation is 1. The molecule has 1 aromatic heterocycles. The quantitative estimate of drug-likeness (QED) is 0.179. The molecule has 0 radical (unpaired) electrons. The van der Waals surface area contributed by atoms with Crippen molar-refractivity contribution in [2.24, 2.45) is 17.3 Å². The predicted molar refractivity (Wildman–Crippen MR) is 226 cm³/mol. The number of Topliss-reactive ketones (excluding diaryl/α,β-unsaturated/α-hetero) is 1. The highest BCUT2D eigenvalue weighted by Crippen LogP contribution is 2.58. The van der Waals surface area contributed by atoms with E-state index in [2.05, 4.69) is 13.0 Å². The molecule has 1 aromatic rings. The van der Waals surface area contributed by atoms with E-state index in [0.29, 0.717) is 32.1 Å². The Morgan fingerprint density at radius 2 is 1.28 bits per heavy atom. The molecule has 0 aromatic carbocycles. The Hall–Kier alpha value is -1.95. The van der Waals surface area contributed by atoms with Gasteiger partial charge in [0.05, 0.1) is 61.7 Å². The zero-order valence-corrected chi connectivity index (χ0v) is 38.8. The summed E-state index contributed by atoms with van der Waals surface area (Å²) in [5.41, 5.74) is 1.95. The summed E-state index contributed by atoms with van der Waals surface area (Å²) in [6, 6.07) is 1.93. The third-order valence-electron chi connectivity index (χ3n) is 15.7. The van der Waals surface area contributed by atoms with Gasteiger partial charge in [-0.15, -0.1) is 0 Å². The third-order valence-corrected chi connectivity index (χ3v) is 15.7. The molecule has 368 valence electrons. The summed E-state index contributed by atoms with van der Waals surface area (Å²) in [5, 5.41) is 52.3.